The summed E-state index contributed by atoms with van der Waals surface area (Å²) in [5.74, 6) is 0.0996. The first-order chi connectivity index (χ1) is 6.61. The molecule has 2 nitrogen and oxygen atoms in total. The molecule has 0 amide bonds. The highest BCUT2D eigenvalue weighted by atomic mass is 16.5. The Morgan fingerprint density at radius 3 is 2.29 bits per heavy atom. The Hall–Kier alpha value is -0.530. The van der Waals surface area contributed by atoms with Crippen molar-refractivity contribution in [2.75, 3.05) is 0 Å². The van der Waals surface area contributed by atoms with Crippen molar-refractivity contribution in [3.8, 4) is 0 Å². The summed E-state index contributed by atoms with van der Waals surface area (Å²) in [6.07, 6.45) is 5.46. The summed E-state index contributed by atoms with van der Waals surface area (Å²) in [5, 5.41) is 0. The van der Waals surface area contributed by atoms with Crippen LogP contribution in [-0.2, 0) is 9.53 Å². The summed E-state index contributed by atoms with van der Waals surface area (Å²) in [5.41, 5.74) is 0. The molecule has 0 bridgehead atoms. The predicted octanol–water partition coefficient (Wildman–Crippen LogP) is 3.54. The van der Waals surface area contributed by atoms with Crippen molar-refractivity contribution in [1.29, 1.82) is 0 Å². The van der Waals surface area contributed by atoms with E-state index in [0.717, 1.165) is 19.3 Å². The highest BCUT2D eigenvalue weighted by Crippen LogP contribution is 2.15. The summed E-state index contributed by atoms with van der Waals surface area (Å²) in [6, 6.07) is 0. The standard InChI is InChI=1S/C12H24O2/c1-5-7-8-9-11(6-2)12(13)14-10(3)4/h10-11H,5-9H2,1-4H3. The van der Waals surface area contributed by atoms with Gasteiger partial charge in [-0.25, -0.2) is 0 Å². The molecule has 1 unspecified atom stereocenters. The minimum Gasteiger partial charge on any atom is -0.463 e. The van der Waals surface area contributed by atoms with E-state index in [-0.39, 0.29) is 18.0 Å². The average Bonchev–Trinajstić information content (AvgIpc) is 2.11. The number of hydrogen-bond donors (Lipinski definition) is 0. The van der Waals surface area contributed by atoms with Gasteiger partial charge in [0.1, 0.15) is 0 Å². The number of carbonyl (C=O) groups is 1. The lowest BCUT2D eigenvalue weighted by atomic mass is 9.99. The zero-order chi connectivity index (χ0) is 11.0. The topological polar surface area (TPSA) is 26.3 Å². The van der Waals surface area contributed by atoms with Gasteiger partial charge in [0.05, 0.1) is 12.0 Å². The second-order valence-corrected chi connectivity index (χ2v) is 4.09. The number of esters is 1. The van der Waals surface area contributed by atoms with E-state index in [0.29, 0.717) is 0 Å². The van der Waals surface area contributed by atoms with Crippen molar-refractivity contribution in [3.63, 3.8) is 0 Å². The van der Waals surface area contributed by atoms with Gasteiger partial charge in [-0.1, -0.05) is 33.1 Å². The van der Waals surface area contributed by atoms with Gasteiger partial charge in [-0.15, -0.1) is 0 Å². The molecule has 84 valence electrons. The second-order valence-electron chi connectivity index (χ2n) is 4.09. The predicted molar refractivity (Wildman–Crippen MR) is 59.2 cm³/mol. The van der Waals surface area contributed by atoms with Crippen LogP contribution in [0, 0.1) is 5.92 Å². The maximum atomic E-state index is 11.6. The minimum absolute atomic E-state index is 0.0152. The van der Waals surface area contributed by atoms with E-state index >= 15 is 0 Å². The number of unbranched alkanes of at least 4 members (excludes halogenated alkanes) is 2. The van der Waals surface area contributed by atoms with E-state index in [1.807, 2.05) is 13.8 Å². The Labute approximate surface area is 88.0 Å². The van der Waals surface area contributed by atoms with Gasteiger partial charge in [0, 0.05) is 0 Å². The van der Waals surface area contributed by atoms with Crippen molar-refractivity contribution in [2.45, 2.75) is 65.9 Å². The first kappa shape index (κ1) is 13.5. The number of carbonyl (C=O) groups excluding carboxylic acids is 1. The first-order valence-corrected chi connectivity index (χ1v) is 5.82. The lowest BCUT2D eigenvalue weighted by Crippen LogP contribution is -2.20. The van der Waals surface area contributed by atoms with Crippen molar-refractivity contribution in [2.24, 2.45) is 5.92 Å². The lowest BCUT2D eigenvalue weighted by molar-refractivity contribution is -0.152. The van der Waals surface area contributed by atoms with Gasteiger partial charge in [0.2, 0.25) is 0 Å². The molecule has 0 aromatic rings. The molecule has 0 aromatic carbocycles. The Morgan fingerprint density at radius 2 is 1.86 bits per heavy atom. The molecule has 0 radical (unpaired) electrons. The van der Waals surface area contributed by atoms with E-state index in [1.165, 1.54) is 12.8 Å². The first-order valence-electron chi connectivity index (χ1n) is 5.82. The van der Waals surface area contributed by atoms with Crippen LogP contribution in [0.4, 0.5) is 0 Å². The van der Waals surface area contributed by atoms with Crippen molar-refractivity contribution in [1.82, 2.24) is 0 Å². The van der Waals surface area contributed by atoms with E-state index in [1.54, 1.807) is 0 Å². The molecule has 14 heavy (non-hydrogen) atoms. The molecule has 2 heteroatoms. The van der Waals surface area contributed by atoms with Crippen LogP contribution in [0.25, 0.3) is 0 Å². The molecule has 0 fully saturated rings. The van der Waals surface area contributed by atoms with Crippen LogP contribution in [0.1, 0.15) is 59.8 Å². The third-order valence-electron chi connectivity index (χ3n) is 2.33. The summed E-state index contributed by atoms with van der Waals surface area (Å²) in [4.78, 5) is 11.6. The highest BCUT2D eigenvalue weighted by molar-refractivity contribution is 5.72. The third kappa shape index (κ3) is 6.01. The van der Waals surface area contributed by atoms with Gasteiger partial charge < -0.3 is 4.74 Å². The summed E-state index contributed by atoms with van der Waals surface area (Å²) < 4.78 is 5.19. The maximum Gasteiger partial charge on any atom is 0.309 e. The van der Waals surface area contributed by atoms with E-state index in [9.17, 15) is 4.79 Å². The molecule has 0 saturated carbocycles. The smallest absolute Gasteiger partial charge is 0.309 e. The van der Waals surface area contributed by atoms with Gasteiger partial charge >= 0.3 is 5.97 Å². The molecule has 0 aliphatic rings. The molecule has 0 aromatic heterocycles. The van der Waals surface area contributed by atoms with Crippen LogP contribution in [0.2, 0.25) is 0 Å². The Balaban J connectivity index is 3.81. The largest absolute Gasteiger partial charge is 0.463 e. The summed E-state index contributed by atoms with van der Waals surface area (Å²) in [7, 11) is 0. The van der Waals surface area contributed by atoms with Crippen LogP contribution in [0.5, 0.6) is 0 Å². The maximum absolute atomic E-state index is 11.6. The van der Waals surface area contributed by atoms with Gasteiger partial charge in [-0.2, -0.15) is 0 Å². The Bertz CT molecular complexity index is 152. The van der Waals surface area contributed by atoms with E-state index in [2.05, 4.69) is 13.8 Å². The average molecular weight is 200 g/mol. The second kappa shape index (κ2) is 7.84. The lowest BCUT2D eigenvalue weighted by Gasteiger charge is -2.15. The molecule has 0 N–H and O–H groups in total. The quantitative estimate of drug-likeness (QED) is 0.464. The van der Waals surface area contributed by atoms with Gasteiger partial charge in [0.15, 0.2) is 0 Å². The molecule has 1 atom stereocenters. The fourth-order valence-electron chi connectivity index (χ4n) is 1.46. The number of ether oxygens (including phenoxy) is 1. The van der Waals surface area contributed by atoms with Crippen molar-refractivity contribution in [3.05, 3.63) is 0 Å². The fourth-order valence-corrected chi connectivity index (χ4v) is 1.46. The molecule has 0 heterocycles. The van der Waals surface area contributed by atoms with Crippen LogP contribution >= 0.6 is 0 Å². The normalized spacial score (nSPS) is 12.9. The molecule has 0 saturated heterocycles. The molecular weight excluding hydrogens is 176 g/mol. The Kier molecular flexibility index (Phi) is 7.54. The van der Waals surface area contributed by atoms with Crippen LogP contribution in [0.15, 0.2) is 0 Å². The molecule has 0 aliphatic carbocycles. The van der Waals surface area contributed by atoms with Gasteiger partial charge in [-0.3, -0.25) is 4.79 Å². The summed E-state index contributed by atoms with van der Waals surface area (Å²) >= 11 is 0. The van der Waals surface area contributed by atoms with Crippen molar-refractivity contribution >= 4 is 5.97 Å². The van der Waals surface area contributed by atoms with E-state index in [4.69, 9.17) is 4.74 Å². The number of rotatable bonds is 7. The zero-order valence-electron chi connectivity index (χ0n) is 10.0. The van der Waals surface area contributed by atoms with E-state index < -0.39 is 0 Å². The van der Waals surface area contributed by atoms with Crippen molar-refractivity contribution < 1.29 is 9.53 Å². The number of hydrogen-bond acceptors (Lipinski definition) is 2. The third-order valence-corrected chi connectivity index (χ3v) is 2.33. The molecular formula is C12H24O2. The van der Waals surface area contributed by atoms with Gasteiger partial charge in [-0.05, 0) is 26.7 Å². The van der Waals surface area contributed by atoms with Crippen LogP contribution in [-0.4, -0.2) is 12.1 Å². The molecule has 0 spiro atoms. The van der Waals surface area contributed by atoms with Crippen LogP contribution < -0.4 is 0 Å². The Morgan fingerprint density at radius 1 is 1.21 bits per heavy atom. The highest BCUT2D eigenvalue weighted by Gasteiger charge is 2.18. The summed E-state index contributed by atoms with van der Waals surface area (Å²) in [6.45, 7) is 8.03. The van der Waals surface area contributed by atoms with Crippen LogP contribution in [0.3, 0.4) is 0 Å². The fraction of sp³-hybridized carbons (Fsp3) is 0.917. The minimum atomic E-state index is -0.0152. The van der Waals surface area contributed by atoms with Gasteiger partial charge in [0.25, 0.3) is 0 Å². The zero-order valence-corrected chi connectivity index (χ0v) is 10.0. The monoisotopic (exact) mass is 200 g/mol. The molecule has 0 aliphatic heterocycles. The molecule has 0 rings (SSSR count). The SMILES string of the molecule is CCCCCC(CC)C(=O)OC(C)C.